The summed E-state index contributed by atoms with van der Waals surface area (Å²) in [6.07, 6.45) is 0. The zero-order valence-corrected chi connectivity index (χ0v) is 13.2. The van der Waals surface area contributed by atoms with E-state index in [1.165, 1.54) is 0 Å². The summed E-state index contributed by atoms with van der Waals surface area (Å²) in [7, 11) is 3.28. The van der Waals surface area contributed by atoms with Crippen LogP contribution in [0.4, 0.5) is 0 Å². The summed E-state index contributed by atoms with van der Waals surface area (Å²) in [4.78, 5) is 52.3. The fraction of sp³-hybridized carbons (Fsp3) is 0.250. The van der Waals surface area contributed by atoms with Gasteiger partial charge >= 0.3 is 0 Å². The molecule has 8 nitrogen and oxygen atoms in total. The zero-order chi connectivity index (χ0) is 15.4. The maximum atomic E-state index is 8.00. The van der Waals surface area contributed by atoms with Crippen LogP contribution in [0.25, 0.3) is 0 Å². The topological polar surface area (TPSA) is 124 Å². The minimum atomic E-state index is 0. The quantitative estimate of drug-likeness (QED) is 0.462. The van der Waals surface area contributed by atoms with Crippen molar-refractivity contribution in [3.05, 3.63) is 0 Å². The van der Waals surface area contributed by atoms with Crippen molar-refractivity contribution in [2.24, 2.45) is 0 Å². The summed E-state index contributed by atoms with van der Waals surface area (Å²) in [5.74, 6) is 0. The summed E-state index contributed by atoms with van der Waals surface area (Å²) < 4.78 is 0. The number of halogens is 1. The first-order chi connectivity index (χ1) is 7.91. The average Bonchev–Trinajstić information content (AvgIpc) is 2.51. The number of hydrogen-bond acceptors (Lipinski definition) is 8. The maximum Gasteiger partial charge on any atom is 0.106 e. The Kier molecular flexibility index (Phi) is 16000. The third kappa shape index (κ3) is 433000. The molecule has 0 aliphatic carbocycles. The number of nitrogens with one attached hydrogen (secondary N) is 1. The van der Waals surface area contributed by atoms with Crippen LogP contribution >= 0.6 is 12.4 Å². The minimum Gasteiger partial charge on any atom is -0.307 e. The third-order valence-electron chi connectivity index (χ3n) is 0.204. The molecule has 0 rings (SSSR count). The van der Waals surface area contributed by atoms with E-state index in [1.807, 2.05) is 40.7 Å². The smallest absolute Gasteiger partial charge is 0.106 e. The minimum absolute atomic E-state index is 0. The molecule has 1 N–H and O–H groups in total. The summed E-state index contributed by atoms with van der Waals surface area (Å²) in [6, 6.07) is 0. The largest absolute Gasteiger partial charge is 0.307 e. The van der Waals surface area contributed by atoms with E-state index in [4.69, 9.17) is 28.8 Å². The Labute approximate surface area is 127 Å². The Morgan fingerprint density at radius 2 is 0.722 bits per heavy atom. The molecule has 0 heterocycles. The fourth-order valence-corrected chi connectivity index (χ4v) is 0. The number of carbonyl (C=O) groups excluding carboxylic acids is 6. The Morgan fingerprint density at radius 3 is 0.722 bits per heavy atom. The van der Waals surface area contributed by atoms with E-state index in [1.54, 1.807) is 14.2 Å². The molecule has 0 aliphatic rings. The molecule has 0 amide bonds. The molecular weight excluding hydrogens is 353 g/mol. The van der Waals surface area contributed by atoms with Gasteiger partial charge in [-0.15, -0.1) is 12.4 Å². The van der Waals surface area contributed by atoms with Crippen molar-refractivity contribution >= 4 is 53.1 Å². The predicted octanol–water partition coefficient (Wildman–Crippen LogP) is -0.923. The maximum absolute atomic E-state index is 8.00. The second kappa shape index (κ2) is 4200. The number of carbonyl (C=O) groups is 6. The number of rotatable bonds is 1. The van der Waals surface area contributed by atoms with Gasteiger partial charge in [-0.2, -0.15) is 0 Å². The molecule has 0 unspecified atom stereocenters. The van der Waals surface area contributed by atoms with Crippen molar-refractivity contribution in [1.82, 2.24) is 5.48 Å². The molecule has 0 aliphatic heterocycles. The molecule has 0 aromatic rings. The first-order valence-corrected chi connectivity index (χ1v) is 2.84. The summed E-state index contributed by atoms with van der Waals surface area (Å²) in [5, 5.41) is 0. The van der Waals surface area contributed by atoms with Crippen LogP contribution in [0.3, 0.4) is 0 Å². The van der Waals surface area contributed by atoms with Gasteiger partial charge in [-0.3, -0.25) is 0 Å². The van der Waals surface area contributed by atoms with Crippen LogP contribution in [-0.4, -0.2) is 54.9 Å². The van der Waals surface area contributed by atoms with E-state index in [0.717, 1.165) is 0 Å². The molecule has 0 fully saturated rings. The van der Waals surface area contributed by atoms with Crippen molar-refractivity contribution in [2.75, 3.05) is 14.2 Å². The molecule has 0 saturated heterocycles. The summed E-state index contributed by atoms with van der Waals surface area (Å²) in [6.45, 7) is 12.0. The van der Waals surface area contributed by atoms with Crippen LogP contribution in [0.15, 0.2) is 0 Å². The van der Waals surface area contributed by atoms with Gasteiger partial charge in [0, 0.05) is 28.1 Å². The SMILES string of the molecule is C=O.C=O.C=O.C=O.C=O.C=O.CNOC.Cl.[Mo]. The van der Waals surface area contributed by atoms with Crippen LogP contribution in [-0.2, 0) is 54.7 Å². The van der Waals surface area contributed by atoms with Gasteiger partial charge in [0.25, 0.3) is 0 Å². The molecule has 0 aromatic heterocycles. The monoisotopic (exact) mass is 375 g/mol. The van der Waals surface area contributed by atoms with Crippen molar-refractivity contribution < 1.29 is 54.7 Å². The van der Waals surface area contributed by atoms with Crippen LogP contribution in [0.2, 0.25) is 0 Å². The molecular formula is C8H20ClMoNO7. The Bertz CT molecular complexity index is 61.9. The van der Waals surface area contributed by atoms with Crippen LogP contribution in [0.5, 0.6) is 0 Å². The molecule has 10 heteroatoms. The molecule has 18 heavy (non-hydrogen) atoms. The van der Waals surface area contributed by atoms with Gasteiger partial charge in [0.05, 0.1) is 7.11 Å². The first-order valence-electron chi connectivity index (χ1n) is 2.84. The van der Waals surface area contributed by atoms with Gasteiger partial charge in [-0.05, 0) is 0 Å². The molecule has 112 valence electrons. The van der Waals surface area contributed by atoms with Crippen molar-refractivity contribution in [3.8, 4) is 0 Å². The van der Waals surface area contributed by atoms with E-state index in [2.05, 4.69) is 10.3 Å². The Balaban J connectivity index is -0.00000000758. The van der Waals surface area contributed by atoms with Gasteiger partial charge in [-0.1, -0.05) is 0 Å². The van der Waals surface area contributed by atoms with E-state index in [0.29, 0.717) is 0 Å². The number of hydrogen-bond donors (Lipinski definition) is 1. The van der Waals surface area contributed by atoms with Gasteiger partial charge < -0.3 is 33.6 Å². The van der Waals surface area contributed by atoms with Gasteiger partial charge in [0.1, 0.15) is 40.7 Å². The van der Waals surface area contributed by atoms with Gasteiger partial charge in [0.15, 0.2) is 0 Å². The predicted molar refractivity (Wildman–Crippen MR) is 66.0 cm³/mol. The van der Waals surface area contributed by atoms with E-state index in [-0.39, 0.29) is 33.5 Å². The van der Waals surface area contributed by atoms with Crippen molar-refractivity contribution in [3.63, 3.8) is 0 Å². The van der Waals surface area contributed by atoms with E-state index >= 15 is 0 Å². The van der Waals surface area contributed by atoms with Crippen LogP contribution < -0.4 is 5.48 Å². The summed E-state index contributed by atoms with van der Waals surface area (Å²) in [5.41, 5.74) is 2.43. The molecule has 0 spiro atoms. The normalized spacial score (nSPS) is 3.00. The van der Waals surface area contributed by atoms with E-state index in [9.17, 15) is 0 Å². The standard InChI is InChI=1S/C2H7NO.6CH2O.ClH.Mo/c1-3-4-2;6*1-2;;/h3H,1-2H3;6*1H2;1H;. The van der Waals surface area contributed by atoms with E-state index < -0.39 is 0 Å². The van der Waals surface area contributed by atoms with Crippen LogP contribution in [0, 0.1) is 0 Å². The fourth-order valence-electron chi connectivity index (χ4n) is 0. The molecule has 0 aromatic carbocycles. The van der Waals surface area contributed by atoms with Crippen molar-refractivity contribution in [2.45, 2.75) is 0 Å². The molecule has 0 atom stereocenters. The summed E-state index contributed by atoms with van der Waals surface area (Å²) >= 11 is 0. The third-order valence-corrected chi connectivity index (χ3v) is 0.204. The molecule has 0 radical (unpaired) electrons. The Morgan fingerprint density at radius 1 is 0.667 bits per heavy atom. The zero-order valence-electron chi connectivity index (χ0n) is 10.4. The molecule has 0 saturated carbocycles. The molecule has 0 bridgehead atoms. The number of hydroxylamine groups is 1. The Hall–Kier alpha value is -1.08. The van der Waals surface area contributed by atoms with Crippen LogP contribution in [0.1, 0.15) is 0 Å². The van der Waals surface area contributed by atoms with Gasteiger partial charge in [0.2, 0.25) is 0 Å². The second-order valence-corrected chi connectivity index (χ2v) is 0.408. The van der Waals surface area contributed by atoms with Crippen molar-refractivity contribution in [1.29, 1.82) is 0 Å². The average molecular weight is 374 g/mol. The first kappa shape index (κ1) is 68.4. The second-order valence-electron chi connectivity index (χ2n) is 0.408. The van der Waals surface area contributed by atoms with Gasteiger partial charge in [-0.25, -0.2) is 5.48 Å².